The number of anilines is 1. The number of nitrogen functional groups attached to an aromatic ring is 1. The zero-order valence-electron chi connectivity index (χ0n) is 6.87. The van der Waals surface area contributed by atoms with Gasteiger partial charge in [0, 0.05) is 22.7 Å². The first-order chi connectivity index (χ1) is 5.13. The molecule has 0 bridgehead atoms. The van der Waals surface area contributed by atoms with Gasteiger partial charge in [-0.1, -0.05) is 13.8 Å². The topological polar surface area (TPSA) is 52.0 Å². The van der Waals surface area contributed by atoms with Crippen LogP contribution in [0.15, 0.2) is 10.8 Å². The van der Waals surface area contributed by atoms with E-state index in [4.69, 9.17) is 11.5 Å². The molecule has 1 aromatic heterocycles. The van der Waals surface area contributed by atoms with E-state index in [2.05, 4.69) is 13.8 Å². The Labute approximate surface area is 71.2 Å². The van der Waals surface area contributed by atoms with E-state index < -0.39 is 0 Å². The second kappa shape index (κ2) is 3.24. The lowest BCUT2D eigenvalue weighted by atomic mass is 9.99. The molecule has 11 heavy (non-hydrogen) atoms. The highest BCUT2D eigenvalue weighted by Crippen LogP contribution is 2.27. The summed E-state index contributed by atoms with van der Waals surface area (Å²) in [4.78, 5) is 0. The predicted molar refractivity (Wildman–Crippen MR) is 50.5 cm³/mol. The summed E-state index contributed by atoms with van der Waals surface area (Å²) in [5.74, 6) is 0.451. The van der Waals surface area contributed by atoms with Gasteiger partial charge in [0.05, 0.1) is 0 Å². The third kappa shape index (κ3) is 1.73. The van der Waals surface area contributed by atoms with Crippen LogP contribution < -0.4 is 11.5 Å². The van der Waals surface area contributed by atoms with E-state index >= 15 is 0 Å². The van der Waals surface area contributed by atoms with Gasteiger partial charge in [-0.3, -0.25) is 0 Å². The van der Waals surface area contributed by atoms with Crippen molar-refractivity contribution in [2.75, 3.05) is 5.73 Å². The van der Waals surface area contributed by atoms with Crippen LogP contribution >= 0.6 is 11.3 Å². The van der Waals surface area contributed by atoms with Crippen molar-refractivity contribution in [2.45, 2.75) is 19.9 Å². The van der Waals surface area contributed by atoms with Gasteiger partial charge in [0.2, 0.25) is 0 Å². The molecule has 1 aromatic rings. The van der Waals surface area contributed by atoms with Crippen LogP contribution in [0.2, 0.25) is 0 Å². The van der Waals surface area contributed by atoms with E-state index in [0.717, 1.165) is 11.3 Å². The van der Waals surface area contributed by atoms with Crippen molar-refractivity contribution in [2.24, 2.45) is 11.7 Å². The first kappa shape index (κ1) is 8.56. The maximum atomic E-state index is 5.91. The van der Waals surface area contributed by atoms with Crippen LogP contribution in [0.3, 0.4) is 0 Å². The Morgan fingerprint density at radius 3 is 2.36 bits per heavy atom. The van der Waals surface area contributed by atoms with E-state index in [1.54, 1.807) is 11.3 Å². The van der Waals surface area contributed by atoms with Gasteiger partial charge >= 0.3 is 0 Å². The second-order valence-electron chi connectivity index (χ2n) is 3.05. The fourth-order valence-electron chi connectivity index (χ4n) is 0.947. The zero-order chi connectivity index (χ0) is 8.43. The third-order valence-electron chi connectivity index (χ3n) is 1.80. The first-order valence-corrected chi connectivity index (χ1v) is 4.64. The molecule has 62 valence electrons. The molecule has 0 aliphatic carbocycles. The molecule has 0 unspecified atom stereocenters. The molecule has 0 amide bonds. The minimum Gasteiger partial charge on any atom is -0.398 e. The summed E-state index contributed by atoms with van der Waals surface area (Å²) in [5, 5.41) is 3.96. The molecule has 0 aromatic carbocycles. The molecule has 2 nitrogen and oxygen atoms in total. The number of rotatable bonds is 2. The minimum atomic E-state index is 0.0845. The molecule has 0 spiro atoms. The lowest BCUT2D eigenvalue weighted by molar-refractivity contribution is 0.517. The van der Waals surface area contributed by atoms with Gasteiger partial charge in [-0.15, -0.1) is 11.3 Å². The number of nitrogens with two attached hydrogens (primary N) is 2. The number of hydrogen-bond donors (Lipinski definition) is 2. The van der Waals surface area contributed by atoms with Crippen molar-refractivity contribution in [3.05, 3.63) is 16.3 Å². The van der Waals surface area contributed by atoms with Crippen LogP contribution in [0.1, 0.15) is 25.5 Å². The summed E-state index contributed by atoms with van der Waals surface area (Å²) < 4.78 is 0. The van der Waals surface area contributed by atoms with Gasteiger partial charge in [0.15, 0.2) is 0 Å². The molecular formula is C8H14N2S. The normalized spacial score (nSPS) is 13.8. The van der Waals surface area contributed by atoms with E-state index in [-0.39, 0.29) is 6.04 Å². The zero-order valence-corrected chi connectivity index (χ0v) is 7.69. The van der Waals surface area contributed by atoms with E-state index in [1.807, 2.05) is 10.8 Å². The smallest absolute Gasteiger partial charge is 0.0471 e. The fraction of sp³-hybridized carbons (Fsp3) is 0.500. The molecule has 0 fully saturated rings. The molecule has 1 rings (SSSR count). The predicted octanol–water partition coefficient (Wildman–Crippen LogP) is 1.99. The molecule has 4 N–H and O–H groups in total. The van der Waals surface area contributed by atoms with Crippen molar-refractivity contribution >= 4 is 17.0 Å². The molecular weight excluding hydrogens is 156 g/mol. The molecule has 1 atom stereocenters. The average molecular weight is 170 g/mol. The SMILES string of the molecule is CC(C)[C@H](N)c1cscc1N. The Bertz CT molecular complexity index is 230. The summed E-state index contributed by atoms with van der Waals surface area (Å²) in [6.07, 6.45) is 0. The molecule has 1 heterocycles. The van der Waals surface area contributed by atoms with Gasteiger partial charge in [0.1, 0.15) is 0 Å². The maximum absolute atomic E-state index is 5.91. The lowest BCUT2D eigenvalue weighted by Gasteiger charge is -2.14. The Balaban J connectivity index is 2.84. The summed E-state index contributed by atoms with van der Waals surface area (Å²) in [6.45, 7) is 4.20. The summed E-state index contributed by atoms with van der Waals surface area (Å²) in [7, 11) is 0. The highest BCUT2D eigenvalue weighted by molar-refractivity contribution is 7.08. The quantitative estimate of drug-likeness (QED) is 0.713. The van der Waals surface area contributed by atoms with Crippen LogP contribution in [0, 0.1) is 5.92 Å². The molecule has 0 saturated carbocycles. The average Bonchev–Trinajstić information content (AvgIpc) is 2.33. The van der Waals surface area contributed by atoms with Crippen LogP contribution in [-0.2, 0) is 0 Å². The summed E-state index contributed by atoms with van der Waals surface area (Å²) in [5.41, 5.74) is 13.5. The van der Waals surface area contributed by atoms with E-state index in [0.29, 0.717) is 5.92 Å². The maximum Gasteiger partial charge on any atom is 0.0471 e. The van der Waals surface area contributed by atoms with E-state index in [1.165, 1.54) is 0 Å². The van der Waals surface area contributed by atoms with Crippen molar-refractivity contribution in [1.29, 1.82) is 0 Å². The highest BCUT2D eigenvalue weighted by atomic mass is 32.1. The lowest BCUT2D eigenvalue weighted by Crippen LogP contribution is -2.16. The Morgan fingerprint density at radius 1 is 1.36 bits per heavy atom. The van der Waals surface area contributed by atoms with Gasteiger partial charge in [0.25, 0.3) is 0 Å². The first-order valence-electron chi connectivity index (χ1n) is 3.70. The van der Waals surface area contributed by atoms with Crippen LogP contribution in [-0.4, -0.2) is 0 Å². The van der Waals surface area contributed by atoms with Gasteiger partial charge in [-0.2, -0.15) is 0 Å². The second-order valence-corrected chi connectivity index (χ2v) is 3.80. The van der Waals surface area contributed by atoms with Crippen LogP contribution in [0.5, 0.6) is 0 Å². The summed E-state index contributed by atoms with van der Waals surface area (Å²) in [6, 6.07) is 0.0845. The molecule has 0 saturated heterocycles. The Hall–Kier alpha value is -0.540. The highest BCUT2D eigenvalue weighted by Gasteiger charge is 2.13. The fourth-order valence-corrected chi connectivity index (χ4v) is 1.74. The largest absolute Gasteiger partial charge is 0.398 e. The van der Waals surface area contributed by atoms with Crippen LogP contribution in [0.25, 0.3) is 0 Å². The van der Waals surface area contributed by atoms with Crippen LogP contribution in [0.4, 0.5) is 5.69 Å². The van der Waals surface area contributed by atoms with Crippen molar-refractivity contribution < 1.29 is 0 Å². The molecule has 0 radical (unpaired) electrons. The number of hydrogen-bond acceptors (Lipinski definition) is 3. The van der Waals surface area contributed by atoms with Gasteiger partial charge in [-0.05, 0) is 11.3 Å². The minimum absolute atomic E-state index is 0.0845. The monoisotopic (exact) mass is 170 g/mol. The molecule has 3 heteroatoms. The standard InChI is InChI=1S/C8H14N2S/c1-5(2)8(10)6-3-11-4-7(6)9/h3-5,8H,9-10H2,1-2H3/t8-/m0/s1. The number of thiophene rings is 1. The molecule has 0 aliphatic heterocycles. The van der Waals surface area contributed by atoms with Crippen molar-refractivity contribution in [3.63, 3.8) is 0 Å². The van der Waals surface area contributed by atoms with E-state index in [9.17, 15) is 0 Å². The van der Waals surface area contributed by atoms with Crippen molar-refractivity contribution in [3.8, 4) is 0 Å². The Morgan fingerprint density at radius 2 is 2.00 bits per heavy atom. The van der Waals surface area contributed by atoms with Gasteiger partial charge in [-0.25, -0.2) is 0 Å². The molecule has 0 aliphatic rings. The third-order valence-corrected chi connectivity index (χ3v) is 2.58. The van der Waals surface area contributed by atoms with Crippen molar-refractivity contribution in [1.82, 2.24) is 0 Å². The van der Waals surface area contributed by atoms with Gasteiger partial charge < -0.3 is 11.5 Å². The summed E-state index contributed by atoms with van der Waals surface area (Å²) >= 11 is 1.61. The Kier molecular flexibility index (Phi) is 2.52.